The van der Waals surface area contributed by atoms with E-state index in [0.29, 0.717) is 25.7 Å². The number of hydrogen-bond donors (Lipinski definition) is 3. The summed E-state index contributed by atoms with van der Waals surface area (Å²) >= 11 is 0. The third-order valence-electron chi connectivity index (χ3n) is 6.59. The molecule has 0 unspecified atom stereocenters. The summed E-state index contributed by atoms with van der Waals surface area (Å²) in [5, 5.41) is 6.31. The van der Waals surface area contributed by atoms with Gasteiger partial charge < -0.3 is 10.6 Å². The van der Waals surface area contributed by atoms with Crippen molar-refractivity contribution in [3.8, 4) is 0 Å². The van der Waals surface area contributed by atoms with E-state index in [1.165, 1.54) is 4.90 Å². The lowest BCUT2D eigenvalue weighted by molar-refractivity contribution is -0.140. The molecule has 0 atom stereocenters. The molecule has 0 bridgehead atoms. The molecule has 2 spiro atoms. The van der Waals surface area contributed by atoms with Gasteiger partial charge in [-0.15, -0.1) is 0 Å². The Balaban J connectivity index is 1.27. The van der Waals surface area contributed by atoms with Crippen molar-refractivity contribution in [2.75, 3.05) is 6.54 Å². The first-order chi connectivity index (χ1) is 13.9. The monoisotopic (exact) mass is 405 g/mol. The molecule has 4 fully saturated rings. The predicted molar refractivity (Wildman–Crippen MR) is 100 cm³/mol. The summed E-state index contributed by atoms with van der Waals surface area (Å²) in [6.45, 7) is 0.129. The summed E-state index contributed by atoms with van der Waals surface area (Å²) in [5.74, 6) is -1.12. The Bertz CT molecular complexity index is 754. The quantitative estimate of drug-likeness (QED) is 0.586. The highest BCUT2D eigenvalue weighted by molar-refractivity contribution is 6.08. The van der Waals surface area contributed by atoms with Gasteiger partial charge in [-0.3, -0.25) is 24.7 Å². The maximum absolute atomic E-state index is 12.7. The van der Waals surface area contributed by atoms with Gasteiger partial charge in [-0.25, -0.2) is 9.59 Å². The molecular formula is C19H27N5O5. The van der Waals surface area contributed by atoms with Crippen LogP contribution in [0.25, 0.3) is 0 Å². The molecule has 10 nitrogen and oxygen atoms in total. The second-order valence-corrected chi connectivity index (χ2v) is 8.53. The average Bonchev–Trinajstić information content (AvgIpc) is 3.32. The van der Waals surface area contributed by atoms with Gasteiger partial charge in [-0.05, 0) is 32.1 Å². The van der Waals surface area contributed by atoms with E-state index in [2.05, 4.69) is 16.1 Å². The smallest absolute Gasteiger partial charge is 0.323 e. The normalized spacial score (nSPS) is 25.1. The molecular weight excluding hydrogens is 378 g/mol. The summed E-state index contributed by atoms with van der Waals surface area (Å²) in [7, 11) is 0. The molecule has 0 radical (unpaired) electrons. The minimum absolute atomic E-state index is 0.00583. The SMILES string of the molecule is O=C(CCCN1C(=O)NC2(CCCC2)C1=O)NN1C(=O)NC2(CCCCC2)C1=O. The number of hydrogen-bond acceptors (Lipinski definition) is 5. The maximum atomic E-state index is 12.7. The number of hydrazine groups is 1. The highest BCUT2D eigenvalue weighted by atomic mass is 16.2. The molecule has 2 aliphatic heterocycles. The standard InChI is InChI=1S/C19H27N5O5/c25-13(22-24-15(27)19(21-17(24)29)8-2-1-3-9-19)7-6-12-23-14(26)18(20-16(23)28)10-4-5-11-18/h1-12H2,(H,20,28)(H,21,29)(H,22,25). The molecule has 2 saturated heterocycles. The summed E-state index contributed by atoms with van der Waals surface area (Å²) < 4.78 is 0. The molecule has 0 aromatic rings. The van der Waals surface area contributed by atoms with Crippen molar-refractivity contribution in [1.29, 1.82) is 0 Å². The number of carbonyl (C=O) groups excluding carboxylic acids is 5. The molecule has 4 rings (SSSR count). The van der Waals surface area contributed by atoms with Gasteiger partial charge in [0.1, 0.15) is 11.1 Å². The number of urea groups is 2. The lowest BCUT2D eigenvalue weighted by Crippen LogP contribution is -2.51. The first-order valence-corrected chi connectivity index (χ1v) is 10.5. The highest BCUT2D eigenvalue weighted by Gasteiger charge is 2.53. The van der Waals surface area contributed by atoms with Gasteiger partial charge in [0.05, 0.1) is 0 Å². The van der Waals surface area contributed by atoms with Gasteiger partial charge >= 0.3 is 12.1 Å². The lowest BCUT2D eigenvalue weighted by Gasteiger charge is -2.30. The van der Waals surface area contributed by atoms with Crippen molar-refractivity contribution < 1.29 is 24.0 Å². The Labute approximate surface area is 168 Å². The zero-order chi connectivity index (χ0) is 20.6. The fourth-order valence-corrected chi connectivity index (χ4v) is 4.99. The minimum atomic E-state index is -0.891. The number of amides is 7. The number of nitrogens with one attached hydrogen (secondary N) is 3. The summed E-state index contributed by atoms with van der Waals surface area (Å²) in [6.07, 6.45) is 7.31. The molecule has 7 amide bonds. The molecule has 2 aliphatic carbocycles. The van der Waals surface area contributed by atoms with Crippen LogP contribution in [0.1, 0.15) is 70.6 Å². The molecule has 10 heteroatoms. The fraction of sp³-hybridized carbons (Fsp3) is 0.737. The summed E-state index contributed by atoms with van der Waals surface area (Å²) in [4.78, 5) is 63.0. The van der Waals surface area contributed by atoms with Gasteiger partial charge in [0, 0.05) is 13.0 Å². The summed E-state index contributed by atoms with van der Waals surface area (Å²) in [5.41, 5.74) is 0.728. The van der Waals surface area contributed by atoms with Crippen molar-refractivity contribution >= 4 is 29.8 Å². The Morgan fingerprint density at radius 2 is 1.38 bits per heavy atom. The average molecular weight is 405 g/mol. The van der Waals surface area contributed by atoms with Crippen molar-refractivity contribution in [1.82, 2.24) is 26.0 Å². The van der Waals surface area contributed by atoms with Crippen LogP contribution in [-0.2, 0) is 14.4 Å². The van der Waals surface area contributed by atoms with Gasteiger partial charge in [0.2, 0.25) is 5.91 Å². The van der Waals surface area contributed by atoms with Crippen LogP contribution >= 0.6 is 0 Å². The Morgan fingerprint density at radius 1 is 0.828 bits per heavy atom. The van der Waals surface area contributed by atoms with Crippen molar-refractivity contribution in [3.05, 3.63) is 0 Å². The minimum Gasteiger partial charge on any atom is -0.323 e. The molecule has 3 N–H and O–H groups in total. The lowest BCUT2D eigenvalue weighted by atomic mass is 9.82. The van der Waals surface area contributed by atoms with E-state index in [1.807, 2.05) is 0 Å². The molecule has 0 aromatic heterocycles. The van der Waals surface area contributed by atoms with Crippen LogP contribution in [0, 0.1) is 0 Å². The van der Waals surface area contributed by atoms with E-state index >= 15 is 0 Å². The molecule has 2 heterocycles. The maximum Gasteiger partial charge on any atom is 0.344 e. The van der Waals surface area contributed by atoms with Crippen LogP contribution < -0.4 is 16.1 Å². The van der Waals surface area contributed by atoms with E-state index in [9.17, 15) is 24.0 Å². The van der Waals surface area contributed by atoms with Gasteiger partial charge in [-0.1, -0.05) is 32.1 Å². The Hall–Kier alpha value is -2.65. The van der Waals surface area contributed by atoms with Gasteiger partial charge in [0.25, 0.3) is 11.8 Å². The van der Waals surface area contributed by atoms with Gasteiger partial charge in [0.15, 0.2) is 0 Å². The number of nitrogens with zero attached hydrogens (tertiary/aromatic N) is 2. The predicted octanol–water partition coefficient (Wildman–Crippen LogP) is 0.917. The van der Waals surface area contributed by atoms with E-state index in [0.717, 1.165) is 37.1 Å². The van der Waals surface area contributed by atoms with E-state index < -0.39 is 35.0 Å². The first kappa shape index (κ1) is 19.7. The molecule has 2 saturated carbocycles. The van der Waals surface area contributed by atoms with Crippen LogP contribution in [0.15, 0.2) is 0 Å². The zero-order valence-corrected chi connectivity index (χ0v) is 16.4. The number of rotatable bonds is 5. The third-order valence-corrected chi connectivity index (χ3v) is 6.59. The summed E-state index contributed by atoms with van der Waals surface area (Å²) in [6, 6.07) is -1.02. The van der Waals surface area contributed by atoms with Crippen molar-refractivity contribution in [2.45, 2.75) is 81.7 Å². The van der Waals surface area contributed by atoms with Crippen LogP contribution in [0.5, 0.6) is 0 Å². The molecule has 29 heavy (non-hydrogen) atoms. The van der Waals surface area contributed by atoms with E-state index in [-0.39, 0.29) is 25.3 Å². The number of imide groups is 2. The Kier molecular flexibility index (Phi) is 4.95. The Morgan fingerprint density at radius 3 is 2.03 bits per heavy atom. The largest absolute Gasteiger partial charge is 0.344 e. The molecule has 4 aliphatic rings. The van der Waals surface area contributed by atoms with Crippen molar-refractivity contribution in [3.63, 3.8) is 0 Å². The van der Waals surface area contributed by atoms with Crippen LogP contribution in [-0.4, -0.2) is 57.3 Å². The second kappa shape index (κ2) is 7.31. The fourth-order valence-electron chi connectivity index (χ4n) is 4.99. The third kappa shape index (κ3) is 3.34. The second-order valence-electron chi connectivity index (χ2n) is 8.53. The van der Waals surface area contributed by atoms with Crippen LogP contribution in [0.4, 0.5) is 9.59 Å². The number of carbonyl (C=O) groups is 5. The van der Waals surface area contributed by atoms with Crippen molar-refractivity contribution in [2.24, 2.45) is 0 Å². The van der Waals surface area contributed by atoms with Crippen LogP contribution in [0.3, 0.4) is 0 Å². The van der Waals surface area contributed by atoms with E-state index in [1.54, 1.807) is 0 Å². The van der Waals surface area contributed by atoms with Crippen LogP contribution in [0.2, 0.25) is 0 Å². The van der Waals surface area contributed by atoms with Gasteiger partial charge in [-0.2, -0.15) is 5.01 Å². The zero-order valence-electron chi connectivity index (χ0n) is 16.4. The topological polar surface area (TPSA) is 128 Å². The first-order valence-electron chi connectivity index (χ1n) is 10.5. The molecule has 0 aromatic carbocycles. The molecule has 158 valence electrons. The van der Waals surface area contributed by atoms with E-state index in [4.69, 9.17) is 0 Å². The highest BCUT2D eigenvalue weighted by Crippen LogP contribution is 2.35.